The van der Waals surface area contributed by atoms with Gasteiger partial charge in [-0.25, -0.2) is 0 Å². The molecule has 0 bridgehead atoms. The van der Waals surface area contributed by atoms with Gasteiger partial charge in [0.05, 0.1) is 39.3 Å². The van der Waals surface area contributed by atoms with E-state index in [0.29, 0.717) is 17.1 Å². The van der Waals surface area contributed by atoms with Gasteiger partial charge in [0, 0.05) is 20.3 Å². The molecular formula is C28H41NO7. The average Bonchev–Trinajstić information content (AvgIpc) is 2.89. The Bertz CT molecular complexity index is 930. The van der Waals surface area contributed by atoms with E-state index in [1.807, 2.05) is 38.1 Å². The fourth-order valence-corrected chi connectivity index (χ4v) is 3.16. The summed E-state index contributed by atoms with van der Waals surface area (Å²) in [6.45, 7) is 8.94. The van der Waals surface area contributed by atoms with Crippen molar-refractivity contribution in [3.63, 3.8) is 0 Å². The van der Waals surface area contributed by atoms with Gasteiger partial charge in [-0.1, -0.05) is 25.1 Å². The van der Waals surface area contributed by atoms with Gasteiger partial charge in [-0.05, 0) is 62.6 Å². The number of carbonyl (C=O) groups excluding carboxylic acids is 2. The molecule has 2 unspecified atom stereocenters. The van der Waals surface area contributed by atoms with Crippen LogP contribution in [0.4, 0.5) is 0 Å². The molecule has 2 atom stereocenters. The van der Waals surface area contributed by atoms with Crippen LogP contribution in [-0.2, 0) is 25.5 Å². The number of carbonyl (C=O) groups is 2. The third kappa shape index (κ3) is 10.6. The Morgan fingerprint density at radius 1 is 0.917 bits per heavy atom. The lowest BCUT2D eigenvalue weighted by molar-refractivity contribution is -0.144. The van der Waals surface area contributed by atoms with Crippen molar-refractivity contribution in [3.05, 3.63) is 53.6 Å². The first-order valence-corrected chi connectivity index (χ1v) is 12.2. The number of benzene rings is 2. The Morgan fingerprint density at radius 3 is 2.19 bits per heavy atom. The van der Waals surface area contributed by atoms with E-state index < -0.39 is 11.9 Å². The predicted molar refractivity (Wildman–Crippen MR) is 140 cm³/mol. The predicted octanol–water partition coefficient (Wildman–Crippen LogP) is 4.54. The van der Waals surface area contributed by atoms with Crippen molar-refractivity contribution in [1.82, 2.24) is 5.32 Å². The number of rotatable bonds is 13. The van der Waals surface area contributed by atoms with Crippen molar-refractivity contribution in [2.45, 2.75) is 52.6 Å². The highest BCUT2D eigenvalue weighted by atomic mass is 16.5. The highest BCUT2D eigenvalue weighted by Crippen LogP contribution is 2.31. The summed E-state index contributed by atoms with van der Waals surface area (Å²) >= 11 is 0. The molecule has 0 heterocycles. The molecule has 0 radical (unpaired) electrons. The summed E-state index contributed by atoms with van der Waals surface area (Å²) in [4.78, 5) is 25.2. The summed E-state index contributed by atoms with van der Waals surface area (Å²) in [5, 5.41) is 2.85. The van der Waals surface area contributed by atoms with Crippen LogP contribution in [0, 0.1) is 0 Å². The fraction of sp³-hybridized carbons (Fsp3) is 0.500. The van der Waals surface area contributed by atoms with Gasteiger partial charge in [0.2, 0.25) is 5.91 Å². The van der Waals surface area contributed by atoms with Crippen LogP contribution in [-0.4, -0.2) is 59.1 Å². The molecular weight excluding hydrogens is 462 g/mol. The molecule has 0 fully saturated rings. The van der Waals surface area contributed by atoms with Gasteiger partial charge in [-0.3, -0.25) is 9.59 Å². The molecule has 0 saturated heterocycles. The minimum atomic E-state index is -0.668. The first-order valence-electron chi connectivity index (χ1n) is 12.2. The van der Waals surface area contributed by atoms with Gasteiger partial charge >= 0.3 is 5.97 Å². The normalized spacial score (nSPS) is 11.9. The van der Waals surface area contributed by atoms with Gasteiger partial charge in [0.25, 0.3) is 0 Å². The highest BCUT2D eigenvalue weighted by Gasteiger charge is 2.24. The zero-order valence-corrected chi connectivity index (χ0v) is 22.6. The molecule has 0 aromatic heterocycles. The minimum absolute atomic E-state index is 0.103. The molecule has 8 heteroatoms. The monoisotopic (exact) mass is 503 g/mol. The molecule has 2 aromatic rings. The summed E-state index contributed by atoms with van der Waals surface area (Å²) in [6, 6.07) is 12.7. The molecule has 0 aliphatic heterocycles. The van der Waals surface area contributed by atoms with Gasteiger partial charge in [-0.2, -0.15) is 0 Å². The largest absolute Gasteiger partial charge is 0.493 e. The van der Waals surface area contributed by atoms with Crippen molar-refractivity contribution >= 4 is 11.9 Å². The number of esters is 1. The third-order valence-electron chi connectivity index (χ3n) is 5.35. The molecule has 1 N–H and O–H groups in total. The Kier molecular flexibility index (Phi) is 14.7. The third-order valence-corrected chi connectivity index (χ3v) is 5.35. The zero-order chi connectivity index (χ0) is 26.9. The average molecular weight is 504 g/mol. The van der Waals surface area contributed by atoms with Crippen LogP contribution in [0.3, 0.4) is 0 Å². The summed E-state index contributed by atoms with van der Waals surface area (Å²) in [5.74, 6) is 0.522. The molecule has 0 aliphatic carbocycles. The van der Waals surface area contributed by atoms with Gasteiger partial charge < -0.3 is 29.0 Å². The maximum Gasteiger partial charge on any atom is 0.315 e. The van der Waals surface area contributed by atoms with Gasteiger partial charge in [-0.15, -0.1) is 0 Å². The Labute approximate surface area is 215 Å². The Morgan fingerprint density at radius 2 is 1.61 bits per heavy atom. The van der Waals surface area contributed by atoms with Gasteiger partial charge in [0.1, 0.15) is 5.75 Å². The highest BCUT2D eigenvalue weighted by molar-refractivity contribution is 5.82. The van der Waals surface area contributed by atoms with Crippen LogP contribution in [0.15, 0.2) is 42.5 Å². The number of methoxy groups -OCH3 is 3. The molecule has 0 saturated carbocycles. The first-order chi connectivity index (χ1) is 17.3. The lowest BCUT2D eigenvalue weighted by Crippen LogP contribution is -2.33. The van der Waals surface area contributed by atoms with Crippen molar-refractivity contribution < 1.29 is 33.3 Å². The number of hydrogen-bond donors (Lipinski definition) is 1. The Hall–Kier alpha value is -3.26. The number of hydrogen-bond acceptors (Lipinski definition) is 7. The Balaban J connectivity index is 0.00000150. The van der Waals surface area contributed by atoms with Crippen LogP contribution >= 0.6 is 0 Å². The second-order valence-corrected chi connectivity index (χ2v) is 7.96. The van der Waals surface area contributed by atoms with Crippen LogP contribution < -0.4 is 19.5 Å². The van der Waals surface area contributed by atoms with Crippen molar-refractivity contribution in [2.24, 2.45) is 0 Å². The molecule has 0 spiro atoms. The number of nitrogens with one attached hydrogen (secondary N) is 1. The van der Waals surface area contributed by atoms with Crippen LogP contribution in [0.2, 0.25) is 0 Å². The molecule has 2 rings (SSSR count). The summed E-state index contributed by atoms with van der Waals surface area (Å²) in [7, 11) is 4.76. The van der Waals surface area contributed by atoms with E-state index >= 15 is 0 Å². The van der Waals surface area contributed by atoms with E-state index in [0.717, 1.165) is 24.3 Å². The SMILES string of the molecule is CCOC.CCOC(=O)C(CNC(=O)Cc1cccc(OC(C)CC)c1)c1ccc(OC)c(OC)c1. The van der Waals surface area contributed by atoms with E-state index in [9.17, 15) is 9.59 Å². The van der Waals surface area contributed by atoms with Crippen LogP contribution in [0.1, 0.15) is 51.2 Å². The van der Waals surface area contributed by atoms with Crippen molar-refractivity contribution in [3.8, 4) is 17.2 Å². The minimum Gasteiger partial charge on any atom is -0.493 e. The smallest absolute Gasteiger partial charge is 0.315 e. The first kappa shape index (κ1) is 30.8. The van der Waals surface area contributed by atoms with Crippen molar-refractivity contribution in [1.29, 1.82) is 0 Å². The molecule has 8 nitrogen and oxygen atoms in total. The van der Waals surface area contributed by atoms with E-state index in [4.69, 9.17) is 18.9 Å². The van der Waals surface area contributed by atoms with Crippen molar-refractivity contribution in [2.75, 3.05) is 41.1 Å². The van der Waals surface area contributed by atoms with E-state index in [-0.39, 0.29) is 31.6 Å². The lowest BCUT2D eigenvalue weighted by Gasteiger charge is -2.18. The summed E-state index contributed by atoms with van der Waals surface area (Å²) < 4.78 is 26.2. The fourth-order valence-electron chi connectivity index (χ4n) is 3.16. The summed E-state index contributed by atoms with van der Waals surface area (Å²) in [5.41, 5.74) is 1.51. The maximum atomic E-state index is 12.6. The zero-order valence-electron chi connectivity index (χ0n) is 22.6. The molecule has 200 valence electrons. The van der Waals surface area contributed by atoms with Crippen LogP contribution in [0.5, 0.6) is 17.2 Å². The lowest BCUT2D eigenvalue weighted by atomic mass is 9.98. The van der Waals surface area contributed by atoms with E-state index in [1.165, 1.54) is 7.11 Å². The van der Waals surface area contributed by atoms with Crippen LogP contribution in [0.25, 0.3) is 0 Å². The van der Waals surface area contributed by atoms with E-state index in [2.05, 4.69) is 17.0 Å². The molecule has 0 aliphatic rings. The molecule has 2 aromatic carbocycles. The molecule has 1 amide bonds. The maximum absolute atomic E-state index is 12.6. The topological polar surface area (TPSA) is 92.3 Å². The summed E-state index contributed by atoms with van der Waals surface area (Å²) in [6.07, 6.45) is 1.18. The quantitative estimate of drug-likeness (QED) is 0.401. The van der Waals surface area contributed by atoms with Gasteiger partial charge in [0.15, 0.2) is 11.5 Å². The molecule has 36 heavy (non-hydrogen) atoms. The second-order valence-electron chi connectivity index (χ2n) is 7.96. The standard InChI is InChI=1S/C25H33NO6.C3H8O/c1-6-17(3)32-20-10-8-9-18(13-20)14-24(27)26-16-21(25(28)31-7-2)19-11-12-22(29-4)23(15-19)30-5;1-3-4-2/h8-13,15,17,21H,6-7,14,16H2,1-5H3,(H,26,27);3H2,1-2H3. The van der Waals surface area contributed by atoms with E-state index in [1.54, 1.807) is 39.3 Å². The number of ether oxygens (including phenoxy) is 5. The number of amides is 1. The second kappa shape index (κ2) is 17.2.